The summed E-state index contributed by atoms with van der Waals surface area (Å²) < 4.78 is 32.9. The van der Waals surface area contributed by atoms with Crippen molar-refractivity contribution in [3.63, 3.8) is 0 Å². The fraction of sp³-hybridized carbons (Fsp3) is 0.240. The van der Waals surface area contributed by atoms with Gasteiger partial charge in [-0.25, -0.2) is 8.78 Å². The Kier molecular flexibility index (Phi) is 5.62. The van der Waals surface area contributed by atoms with Gasteiger partial charge >= 0.3 is 0 Å². The monoisotopic (exact) mass is 419 g/mol. The van der Waals surface area contributed by atoms with E-state index in [4.69, 9.17) is 10.5 Å². The average molecular weight is 419 g/mol. The van der Waals surface area contributed by atoms with Crippen molar-refractivity contribution in [1.29, 1.82) is 5.26 Å². The summed E-state index contributed by atoms with van der Waals surface area (Å²) in [5, 5.41) is 9.81. The Labute approximate surface area is 180 Å². The number of allylic oxidation sites excluding steroid dienone is 1. The normalized spacial score (nSPS) is 20.6. The van der Waals surface area contributed by atoms with Crippen LogP contribution in [0, 0.1) is 23.0 Å². The second-order valence-electron chi connectivity index (χ2n) is 8.05. The van der Waals surface area contributed by atoms with Crippen LogP contribution in [0.2, 0.25) is 0 Å². The van der Waals surface area contributed by atoms with Crippen LogP contribution in [0.15, 0.2) is 76.9 Å². The van der Waals surface area contributed by atoms with E-state index in [0.29, 0.717) is 24.4 Å². The number of nitrogens with zero attached hydrogens (tertiary/aromatic N) is 2. The van der Waals surface area contributed by atoms with E-state index in [1.54, 1.807) is 24.3 Å². The Bertz CT molecular complexity index is 1120. The van der Waals surface area contributed by atoms with Crippen LogP contribution in [-0.2, 0) is 4.74 Å². The van der Waals surface area contributed by atoms with Crippen LogP contribution in [0.5, 0.6) is 0 Å². The molecule has 2 aliphatic rings. The molecule has 2 heterocycles. The highest BCUT2D eigenvalue weighted by atomic mass is 19.1. The number of hydrogen-bond acceptors (Lipinski definition) is 4. The molecule has 2 aliphatic heterocycles. The number of nitrogens with two attached hydrogens (primary N) is 1. The Morgan fingerprint density at radius 1 is 1.06 bits per heavy atom. The van der Waals surface area contributed by atoms with Crippen molar-refractivity contribution in [2.24, 2.45) is 5.73 Å². The summed E-state index contributed by atoms with van der Waals surface area (Å²) >= 11 is 0. The van der Waals surface area contributed by atoms with E-state index >= 15 is 0 Å². The molecule has 0 unspecified atom stereocenters. The Hall–Kier alpha value is -3.43. The van der Waals surface area contributed by atoms with Crippen molar-refractivity contribution in [3.8, 4) is 6.07 Å². The van der Waals surface area contributed by atoms with Crippen molar-refractivity contribution < 1.29 is 13.5 Å². The van der Waals surface area contributed by atoms with Gasteiger partial charge in [0.2, 0.25) is 5.88 Å². The molecule has 2 aromatic rings. The van der Waals surface area contributed by atoms with Gasteiger partial charge in [0.15, 0.2) is 0 Å². The third kappa shape index (κ3) is 4.10. The topological polar surface area (TPSA) is 62.3 Å². The van der Waals surface area contributed by atoms with Crippen molar-refractivity contribution in [2.45, 2.75) is 25.8 Å². The zero-order chi connectivity index (χ0) is 22.1. The highest BCUT2D eigenvalue weighted by Crippen LogP contribution is 2.44. The van der Waals surface area contributed by atoms with Gasteiger partial charge in [-0.3, -0.25) is 4.90 Å². The molecular weight excluding hydrogens is 396 g/mol. The van der Waals surface area contributed by atoms with Crippen molar-refractivity contribution in [1.82, 2.24) is 4.90 Å². The lowest BCUT2D eigenvalue weighted by atomic mass is 9.80. The number of nitriles is 1. The van der Waals surface area contributed by atoms with Crippen LogP contribution in [0.4, 0.5) is 8.78 Å². The largest absolute Gasteiger partial charge is 0.440 e. The molecule has 31 heavy (non-hydrogen) atoms. The molecule has 158 valence electrons. The summed E-state index contributed by atoms with van der Waals surface area (Å²) in [5.74, 6) is -0.381. The SMILES string of the molecule is CC(C)N1CC(=Cc2ccc(F)cc2)C2=C(C1)[C@@H](c1ccc(F)cc1)C(C#N)=C(N)O2. The maximum absolute atomic E-state index is 13.6. The minimum Gasteiger partial charge on any atom is -0.440 e. The third-order valence-corrected chi connectivity index (χ3v) is 5.71. The number of halogens is 2. The summed E-state index contributed by atoms with van der Waals surface area (Å²) in [5.41, 5.74) is 9.90. The van der Waals surface area contributed by atoms with E-state index in [1.165, 1.54) is 24.3 Å². The fourth-order valence-corrected chi connectivity index (χ4v) is 4.06. The molecule has 0 radical (unpaired) electrons. The second-order valence-corrected chi connectivity index (χ2v) is 8.05. The Balaban J connectivity index is 1.88. The van der Waals surface area contributed by atoms with E-state index in [-0.39, 0.29) is 23.6 Å². The molecule has 0 aliphatic carbocycles. The van der Waals surface area contributed by atoms with Crippen molar-refractivity contribution >= 4 is 6.08 Å². The summed E-state index contributed by atoms with van der Waals surface area (Å²) in [6.45, 7) is 5.42. The van der Waals surface area contributed by atoms with E-state index in [1.807, 2.05) is 6.08 Å². The minimum absolute atomic E-state index is 0.0542. The standard InChI is InChI=1S/C25H23F2N3O/c1-15(2)30-13-18(11-16-3-7-19(26)8-4-16)24-22(14-30)23(21(12-28)25(29)31-24)17-5-9-20(27)10-6-17/h3-11,15,23H,13-14,29H2,1-2H3/t23-/m0/s1. The highest BCUT2D eigenvalue weighted by Gasteiger charge is 2.38. The van der Waals surface area contributed by atoms with Crippen LogP contribution in [0.25, 0.3) is 6.08 Å². The third-order valence-electron chi connectivity index (χ3n) is 5.71. The lowest BCUT2D eigenvalue weighted by molar-refractivity contribution is 0.208. The number of rotatable bonds is 3. The van der Waals surface area contributed by atoms with Gasteiger partial charge in [0.05, 0.1) is 5.92 Å². The molecule has 0 saturated carbocycles. The molecule has 0 amide bonds. The molecule has 0 spiro atoms. The van der Waals surface area contributed by atoms with E-state index in [2.05, 4.69) is 24.8 Å². The van der Waals surface area contributed by atoms with E-state index in [0.717, 1.165) is 22.3 Å². The molecule has 4 nitrogen and oxygen atoms in total. The first kappa shape index (κ1) is 20.8. The van der Waals surface area contributed by atoms with Gasteiger partial charge in [-0.1, -0.05) is 24.3 Å². The molecule has 0 aromatic heterocycles. The van der Waals surface area contributed by atoms with Crippen LogP contribution in [-0.4, -0.2) is 24.0 Å². The smallest absolute Gasteiger partial charge is 0.205 e. The summed E-state index contributed by atoms with van der Waals surface area (Å²) in [7, 11) is 0. The van der Waals surface area contributed by atoms with Gasteiger partial charge in [-0.2, -0.15) is 5.26 Å². The predicted molar refractivity (Wildman–Crippen MR) is 115 cm³/mol. The Morgan fingerprint density at radius 2 is 1.68 bits per heavy atom. The zero-order valence-corrected chi connectivity index (χ0v) is 17.4. The van der Waals surface area contributed by atoms with Crippen LogP contribution in [0.1, 0.15) is 30.9 Å². The molecule has 2 N–H and O–H groups in total. The van der Waals surface area contributed by atoms with E-state index < -0.39 is 5.92 Å². The maximum Gasteiger partial charge on any atom is 0.205 e. The van der Waals surface area contributed by atoms with Crippen molar-refractivity contribution in [2.75, 3.05) is 13.1 Å². The highest BCUT2D eigenvalue weighted by molar-refractivity contribution is 5.63. The van der Waals surface area contributed by atoms with Crippen LogP contribution in [0.3, 0.4) is 0 Å². The first-order valence-electron chi connectivity index (χ1n) is 10.1. The molecule has 6 heteroatoms. The summed E-state index contributed by atoms with van der Waals surface area (Å²) in [6, 6.07) is 14.8. The fourth-order valence-electron chi connectivity index (χ4n) is 4.06. The van der Waals surface area contributed by atoms with Gasteiger partial charge < -0.3 is 10.5 Å². The van der Waals surface area contributed by atoms with Gasteiger partial charge in [-0.05, 0) is 60.9 Å². The minimum atomic E-state index is -0.424. The molecule has 0 fully saturated rings. The predicted octanol–water partition coefficient (Wildman–Crippen LogP) is 4.83. The molecule has 0 bridgehead atoms. The first-order valence-corrected chi connectivity index (χ1v) is 10.1. The van der Waals surface area contributed by atoms with Gasteiger partial charge in [0.25, 0.3) is 0 Å². The number of benzene rings is 2. The van der Waals surface area contributed by atoms with Gasteiger partial charge in [-0.15, -0.1) is 0 Å². The molecular formula is C25H23F2N3O. The Morgan fingerprint density at radius 3 is 2.26 bits per heavy atom. The van der Waals surface area contributed by atoms with E-state index in [9.17, 15) is 14.0 Å². The molecule has 4 rings (SSSR count). The van der Waals surface area contributed by atoms with Gasteiger partial charge in [0.1, 0.15) is 29.0 Å². The summed E-state index contributed by atoms with van der Waals surface area (Å²) in [4.78, 5) is 2.27. The average Bonchev–Trinajstić information content (AvgIpc) is 2.75. The summed E-state index contributed by atoms with van der Waals surface area (Å²) in [6.07, 6.45) is 1.95. The van der Waals surface area contributed by atoms with Gasteiger partial charge in [0, 0.05) is 24.7 Å². The van der Waals surface area contributed by atoms with Crippen molar-refractivity contribution in [3.05, 3.63) is 99.7 Å². The zero-order valence-electron chi connectivity index (χ0n) is 17.4. The second kappa shape index (κ2) is 8.37. The first-order chi connectivity index (χ1) is 14.9. The van der Waals surface area contributed by atoms with Crippen LogP contribution < -0.4 is 5.73 Å². The molecule has 2 aromatic carbocycles. The number of ether oxygens (including phenoxy) is 1. The lowest BCUT2D eigenvalue weighted by Gasteiger charge is -2.39. The molecule has 0 saturated heterocycles. The van der Waals surface area contributed by atoms with Crippen LogP contribution >= 0.6 is 0 Å². The quantitative estimate of drug-likeness (QED) is 0.774. The molecule has 1 atom stereocenters. The number of hydrogen-bond donors (Lipinski definition) is 1. The maximum atomic E-state index is 13.6. The lowest BCUT2D eigenvalue weighted by Crippen LogP contribution is -2.41.